The molecule has 0 atom stereocenters. The lowest BCUT2D eigenvalue weighted by Crippen LogP contribution is -2.11. The van der Waals surface area contributed by atoms with E-state index in [1.165, 1.54) is 0 Å². The van der Waals surface area contributed by atoms with E-state index in [0.29, 0.717) is 0 Å². The molecule has 0 aliphatic heterocycles. The van der Waals surface area contributed by atoms with Crippen molar-refractivity contribution in [2.24, 2.45) is 5.73 Å². The molecule has 86 valence electrons. The minimum Gasteiger partial charge on any atom is -0.384 e. The highest BCUT2D eigenvalue weighted by Crippen LogP contribution is 2.34. The number of benzene rings is 2. The van der Waals surface area contributed by atoms with E-state index >= 15 is 0 Å². The Kier molecular flexibility index (Phi) is 3.86. The van der Waals surface area contributed by atoms with Crippen LogP contribution in [0.4, 0.5) is 0 Å². The maximum absolute atomic E-state index is 7.55. The number of rotatable bonds is 3. The molecule has 3 N–H and O–H groups in total. The highest BCUT2D eigenvalue weighted by molar-refractivity contribution is 9.10. The molecule has 0 unspecified atom stereocenters. The van der Waals surface area contributed by atoms with E-state index < -0.39 is 0 Å². The molecule has 0 aliphatic carbocycles. The monoisotopic (exact) mass is 306 g/mol. The Morgan fingerprint density at radius 3 is 2.24 bits per heavy atom. The average Bonchev–Trinajstić information content (AvgIpc) is 2.32. The van der Waals surface area contributed by atoms with Crippen LogP contribution in [0.2, 0.25) is 0 Å². The Labute approximate surface area is 113 Å². The van der Waals surface area contributed by atoms with E-state index in [0.717, 1.165) is 19.8 Å². The minimum absolute atomic E-state index is 0.0974. The van der Waals surface area contributed by atoms with Crippen LogP contribution in [0.1, 0.15) is 5.56 Å². The molecule has 0 fully saturated rings. The van der Waals surface area contributed by atoms with Gasteiger partial charge in [-0.15, -0.1) is 0 Å². The molecule has 0 saturated heterocycles. The van der Waals surface area contributed by atoms with Crippen LogP contribution in [0.3, 0.4) is 0 Å². The second-order valence-corrected chi connectivity index (χ2v) is 5.38. The van der Waals surface area contributed by atoms with Gasteiger partial charge in [0, 0.05) is 19.8 Å². The van der Waals surface area contributed by atoms with Crippen molar-refractivity contribution >= 4 is 33.5 Å². The van der Waals surface area contributed by atoms with Crippen LogP contribution in [0, 0.1) is 5.41 Å². The highest BCUT2D eigenvalue weighted by Gasteiger charge is 2.07. The fraction of sp³-hybridized carbons (Fsp3) is 0. The third kappa shape index (κ3) is 2.90. The van der Waals surface area contributed by atoms with E-state index in [1.807, 2.05) is 48.5 Å². The van der Waals surface area contributed by atoms with Crippen LogP contribution in [0.5, 0.6) is 0 Å². The maximum atomic E-state index is 7.55. The van der Waals surface area contributed by atoms with Gasteiger partial charge < -0.3 is 5.73 Å². The number of hydrogen-bond acceptors (Lipinski definition) is 2. The summed E-state index contributed by atoms with van der Waals surface area (Å²) in [6, 6.07) is 15.7. The van der Waals surface area contributed by atoms with Crippen LogP contribution < -0.4 is 5.73 Å². The van der Waals surface area contributed by atoms with Crippen molar-refractivity contribution in [2.75, 3.05) is 0 Å². The molecule has 0 bridgehead atoms. The van der Waals surface area contributed by atoms with E-state index in [4.69, 9.17) is 11.1 Å². The van der Waals surface area contributed by atoms with Crippen molar-refractivity contribution in [1.82, 2.24) is 0 Å². The van der Waals surface area contributed by atoms with Crippen LogP contribution in [0.15, 0.2) is 62.8 Å². The molecule has 17 heavy (non-hydrogen) atoms. The van der Waals surface area contributed by atoms with Gasteiger partial charge in [-0.2, -0.15) is 0 Å². The summed E-state index contributed by atoms with van der Waals surface area (Å²) < 4.78 is 1.04. The molecule has 2 nitrogen and oxygen atoms in total. The SMILES string of the molecule is N=C(N)c1ccccc1Sc1ccccc1Br. The molecule has 0 saturated carbocycles. The van der Waals surface area contributed by atoms with Crippen molar-refractivity contribution in [3.63, 3.8) is 0 Å². The molecule has 0 amide bonds. The molecule has 0 aromatic heterocycles. The van der Waals surface area contributed by atoms with Gasteiger partial charge in [-0.1, -0.05) is 42.1 Å². The van der Waals surface area contributed by atoms with E-state index in [2.05, 4.69) is 15.9 Å². The molecular formula is C13H11BrN2S. The summed E-state index contributed by atoms with van der Waals surface area (Å²) >= 11 is 5.11. The lowest BCUT2D eigenvalue weighted by Gasteiger charge is -2.08. The third-order valence-electron chi connectivity index (χ3n) is 2.23. The van der Waals surface area contributed by atoms with Crippen LogP contribution >= 0.6 is 27.7 Å². The van der Waals surface area contributed by atoms with Gasteiger partial charge in [0.1, 0.15) is 5.84 Å². The lowest BCUT2D eigenvalue weighted by atomic mass is 10.2. The summed E-state index contributed by atoms with van der Waals surface area (Å²) in [6.45, 7) is 0. The van der Waals surface area contributed by atoms with Crippen LogP contribution in [0.25, 0.3) is 0 Å². The Balaban J connectivity index is 2.37. The molecule has 0 radical (unpaired) electrons. The number of halogens is 1. The summed E-state index contributed by atoms with van der Waals surface area (Å²) in [5, 5.41) is 7.55. The second-order valence-electron chi connectivity index (χ2n) is 3.44. The van der Waals surface area contributed by atoms with Gasteiger partial charge in [0.05, 0.1) is 0 Å². The van der Waals surface area contributed by atoms with Crippen LogP contribution in [-0.4, -0.2) is 5.84 Å². The fourth-order valence-corrected chi connectivity index (χ4v) is 2.94. The molecular weight excluding hydrogens is 296 g/mol. The smallest absolute Gasteiger partial charge is 0.123 e. The largest absolute Gasteiger partial charge is 0.384 e. The number of nitrogens with two attached hydrogens (primary N) is 1. The Morgan fingerprint density at radius 1 is 1.00 bits per heavy atom. The molecule has 0 spiro atoms. The molecule has 2 rings (SSSR count). The Morgan fingerprint density at radius 2 is 1.59 bits per heavy atom. The normalized spacial score (nSPS) is 10.2. The first-order valence-corrected chi connectivity index (χ1v) is 6.65. The summed E-state index contributed by atoms with van der Waals surface area (Å²) in [5.41, 5.74) is 6.34. The number of nitrogens with one attached hydrogen (secondary N) is 1. The quantitative estimate of drug-likeness (QED) is 0.668. The molecule has 2 aromatic rings. The van der Waals surface area contributed by atoms with Gasteiger partial charge in [0.25, 0.3) is 0 Å². The summed E-state index contributed by atoms with van der Waals surface area (Å²) in [4.78, 5) is 2.10. The van der Waals surface area contributed by atoms with Crippen LogP contribution in [-0.2, 0) is 0 Å². The first kappa shape index (κ1) is 12.2. The Bertz CT molecular complexity index is 555. The van der Waals surface area contributed by atoms with Crippen molar-refractivity contribution < 1.29 is 0 Å². The average molecular weight is 307 g/mol. The fourth-order valence-electron chi connectivity index (χ4n) is 1.42. The second kappa shape index (κ2) is 5.38. The van der Waals surface area contributed by atoms with Crippen molar-refractivity contribution in [3.8, 4) is 0 Å². The minimum atomic E-state index is 0.0974. The standard InChI is InChI=1S/C13H11BrN2S/c14-10-6-2-4-8-12(10)17-11-7-3-1-5-9(11)13(15)16/h1-8H,(H3,15,16). The molecule has 0 heterocycles. The first-order chi connectivity index (χ1) is 8.18. The molecule has 2 aromatic carbocycles. The third-order valence-corrected chi connectivity index (χ3v) is 4.34. The van der Waals surface area contributed by atoms with Gasteiger partial charge >= 0.3 is 0 Å². The van der Waals surface area contributed by atoms with Crippen molar-refractivity contribution in [1.29, 1.82) is 5.41 Å². The Hall–Kier alpha value is -1.26. The zero-order valence-corrected chi connectivity index (χ0v) is 11.4. The topological polar surface area (TPSA) is 49.9 Å². The zero-order valence-electron chi connectivity index (χ0n) is 8.98. The van der Waals surface area contributed by atoms with Crippen molar-refractivity contribution in [3.05, 3.63) is 58.6 Å². The maximum Gasteiger partial charge on any atom is 0.123 e. The van der Waals surface area contributed by atoms with Gasteiger partial charge in [-0.05, 0) is 34.1 Å². The summed E-state index contributed by atoms with van der Waals surface area (Å²) in [7, 11) is 0. The summed E-state index contributed by atoms with van der Waals surface area (Å²) in [6.07, 6.45) is 0. The zero-order chi connectivity index (χ0) is 12.3. The number of nitrogen functional groups attached to an aromatic ring is 1. The molecule has 0 aliphatic rings. The summed E-state index contributed by atoms with van der Waals surface area (Å²) in [5.74, 6) is 0.0974. The van der Waals surface area contributed by atoms with E-state index in [9.17, 15) is 0 Å². The van der Waals surface area contributed by atoms with Gasteiger partial charge in [0.15, 0.2) is 0 Å². The van der Waals surface area contributed by atoms with Gasteiger partial charge in [-0.3, -0.25) is 5.41 Å². The van der Waals surface area contributed by atoms with E-state index in [1.54, 1.807) is 11.8 Å². The predicted octanol–water partition coefficient (Wildman–Crippen LogP) is 3.88. The first-order valence-electron chi connectivity index (χ1n) is 5.04. The van der Waals surface area contributed by atoms with Gasteiger partial charge in [-0.25, -0.2) is 0 Å². The number of amidine groups is 1. The lowest BCUT2D eigenvalue weighted by molar-refractivity contribution is 1.32. The predicted molar refractivity (Wildman–Crippen MR) is 75.7 cm³/mol. The highest BCUT2D eigenvalue weighted by atomic mass is 79.9. The van der Waals surface area contributed by atoms with E-state index in [-0.39, 0.29) is 5.84 Å². The van der Waals surface area contributed by atoms with Gasteiger partial charge in [0.2, 0.25) is 0 Å². The number of hydrogen-bond donors (Lipinski definition) is 2. The van der Waals surface area contributed by atoms with Crippen molar-refractivity contribution in [2.45, 2.75) is 9.79 Å². The molecule has 4 heteroatoms.